The third-order valence-corrected chi connectivity index (χ3v) is 4.34. The Bertz CT molecular complexity index is 485. The number of hydrogen-bond acceptors (Lipinski definition) is 2. The minimum absolute atomic E-state index is 0.130. The van der Waals surface area contributed by atoms with Gasteiger partial charge in [0.15, 0.2) is 0 Å². The fourth-order valence-corrected chi connectivity index (χ4v) is 3.16. The molecule has 1 N–H and O–H groups in total. The molecular formula is C16H22ClF3N2. The number of benzene rings is 1. The topological polar surface area (TPSA) is 15.3 Å². The van der Waals surface area contributed by atoms with Gasteiger partial charge in [0.05, 0.1) is 5.56 Å². The highest BCUT2D eigenvalue weighted by molar-refractivity contribution is 6.30. The van der Waals surface area contributed by atoms with Crippen LogP contribution in [-0.4, -0.2) is 31.1 Å². The molecule has 1 saturated heterocycles. The number of nitrogens with one attached hydrogen (secondary N) is 1. The number of unbranched alkanes of at least 4 members (excludes halogenated alkanes) is 1. The summed E-state index contributed by atoms with van der Waals surface area (Å²) >= 11 is 5.79. The fraction of sp³-hybridized carbons (Fsp3) is 0.625. The normalized spacial score (nSPS) is 18.4. The lowest BCUT2D eigenvalue weighted by Gasteiger charge is -2.36. The Kier molecular flexibility index (Phi) is 6.12. The molecule has 0 spiro atoms. The molecule has 1 aliphatic heterocycles. The maximum absolute atomic E-state index is 13.4. The van der Waals surface area contributed by atoms with Gasteiger partial charge in [-0.2, -0.15) is 13.2 Å². The molecule has 0 aliphatic carbocycles. The average Bonchev–Trinajstić information content (AvgIpc) is 2.49. The Morgan fingerprint density at radius 2 is 1.95 bits per heavy atom. The number of piperazine rings is 1. The van der Waals surface area contributed by atoms with Crippen LogP contribution in [0, 0.1) is 0 Å². The number of alkyl halides is 3. The lowest BCUT2D eigenvalue weighted by atomic mass is 9.94. The zero-order valence-electron chi connectivity index (χ0n) is 12.7. The molecule has 1 aromatic rings. The van der Waals surface area contributed by atoms with Crippen molar-refractivity contribution in [1.82, 2.24) is 10.2 Å². The van der Waals surface area contributed by atoms with Gasteiger partial charge in [-0.3, -0.25) is 4.90 Å². The molecule has 0 amide bonds. The van der Waals surface area contributed by atoms with Gasteiger partial charge < -0.3 is 5.32 Å². The highest BCUT2D eigenvalue weighted by atomic mass is 35.5. The molecule has 0 unspecified atom stereocenters. The Hall–Kier alpha value is -0.780. The molecule has 0 bridgehead atoms. The quantitative estimate of drug-likeness (QED) is 0.853. The summed E-state index contributed by atoms with van der Waals surface area (Å²) < 4.78 is 40.2. The van der Waals surface area contributed by atoms with Crippen LogP contribution in [0.2, 0.25) is 5.02 Å². The Labute approximate surface area is 134 Å². The molecule has 0 saturated carbocycles. The van der Waals surface area contributed by atoms with E-state index < -0.39 is 11.7 Å². The second kappa shape index (κ2) is 7.66. The van der Waals surface area contributed by atoms with Gasteiger partial charge in [-0.15, -0.1) is 0 Å². The van der Waals surface area contributed by atoms with Crippen molar-refractivity contribution in [3.8, 4) is 0 Å². The van der Waals surface area contributed by atoms with Crippen molar-refractivity contribution < 1.29 is 13.2 Å². The summed E-state index contributed by atoms with van der Waals surface area (Å²) in [5.41, 5.74) is -0.244. The van der Waals surface area contributed by atoms with Crippen molar-refractivity contribution in [2.45, 2.75) is 38.4 Å². The van der Waals surface area contributed by atoms with Gasteiger partial charge in [0.1, 0.15) is 0 Å². The molecule has 1 heterocycles. The Balaban J connectivity index is 2.37. The van der Waals surface area contributed by atoms with Crippen LogP contribution in [0.3, 0.4) is 0 Å². The molecular weight excluding hydrogens is 313 g/mol. The van der Waals surface area contributed by atoms with E-state index >= 15 is 0 Å². The maximum Gasteiger partial charge on any atom is 0.416 e. The number of halogens is 4. The van der Waals surface area contributed by atoms with E-state index in [1.54, 1.807) is 12.1 Å². The van der Waals surface area contributed by atoms with Crippen LogP contribution in [0.15, 0.2) is 18.2 Å². The van der Waals surface area contributed by atoms with Crippen molar-refractivity contribution in [2.24, 2.45) is 0 Å². The van der Waals surface area contributed by atoms with Crippen molar-refractivity contribution in [1.29, 1.82) is 0 Å². The summed E-state index contributed by atoms with van der Waals surface area (Å²) in [5.74, 6) is 0. The largest absolute Gasteiger partial charge is 0.416 e. The molecule has 2 rings (SSSR count). The van der Waals surface area contributed by atoms with Gasteiger partial charge in [0.25, 0.3) is 0 Å². The third-order valence-electron chi connectivity index (χ3n) is 4.10. The van der Waals surface area contributed by atoms with Crippen LogP contribution in [0.5, 0.6) is 0 Å². The van der Waals surface area contributed by atoms with Gasteiger partial charge in [0, 0.05) is 37.2 Å². The summed E-state index contributed by atoms with van der Waals surface area (Å²) in [7, 11) is 0. The molecule has 1 atom stereocenters. The number of rotatable bonds is 5. The molecule has 0 aromatic heterocycles. The predicted octanol–water partition coefficient (Wildman–Crippen LogP) is 4.50. The first-order valence-electron chi connectivity index (χ1n) is 7.75. The first-order valence-corrected chi connectivity index (χ1v) is 8.12. The molecule has 22 heavy (non-hydrogen) atoms. The molecule has 1 aromatic carbocycles. The summed E-state index contributed by atoms with van der Waals surface area (Å²) in [6.45, 7) is 5.24. The van der Waals surface area contributed by atoms with Crippen LogP contribution in [-0.2, 0) is 6.18 Å². The summed E-state index contributed by atoms with van der Waals surface area (Å²) in [4.78, 5) is 2.16. The van der Waals surface area contributed by atoms with Crippen LogP contribution in [0.1, 0.15) is 43.4 Å². The minimum Gasteiger partial charge on any atom is -0.314 e. The smallest absolute Gasteiger partial charge is 0.314 e. The fourth-order valence-electron chi connectivity index (χ4n) is 2.99. The van der Waals surface area contributed by atoms with Gasteiger partial charge in [-0.1, -0.05) is 37.4 Å². The lowest BCUT2D eigenvalue weighted by Crippen LogP contribution is -2.45. The molecule has 124 valence electrons. The van der Waals surface area contributed by atoms with Crippen LogP contribution in [0.4, 0.5) is 13.2 Å². The Morgan fingerprint density at radius 1 is 1.27 bits per heavy atom. The monoisotopic (exact) mass is 334 g/mol. The van der Waals surface area contributed by atoms with E-state index in [1.807, 2.05) is 0 Å². The van der Waals surface area contributed by atoms with Crippen LogP contribution in [0.25, 0.3) is 0 Å². The molecule has 1 aliphatic rings. The zero-order chi connectivity index (χ0) is 16.2. The summed E-state index contributed by atoms with van der Waals surface area (Å²) in [6, 6.07) is 3.97. The van der Waals surface area contributed by atoms with E-state index in [1.165, 1.54) is 0 Å². The number of hydrogen-bond donors (Lipinski definition) is 1. The van der Waals surface area contributed by atoms with Gasteiger partial charge >= 0.3 is 6.18 Å². The van der Waals surface area contributed by atoms with Crippen LogP contribution >= 0.6 is 11.6 Å². The highest BCUT2D eigenvalue weighted by Gasteiger charge is 2.36. The van der Waals surface area contributed by atoms with E-state index in [2.05, 4.69) is 17.1 Å². The minimum atomic E-state index is -4.38. The molecule has 6 heteroatoms. The summed E-state index contributed by atoms with van der Waals surface area (Å²) in [5, 5.41) is 3.38. The average molecular weight is 335 g/mol. The predicted molar refractivity (Wildman–Crippen MR) is 83.2 cm³/mol. The number of nitrogens with zero attached hydrogens (tertiary/aromatic N) is 1. The van der Waals surface area contributed by atoms with Crippen molar-refractivity contribution in [3.63, 3.8) is 0 Å². The third kappa shape index (κ3) is 4.37. The van der Waals surface area contributed by atoms with Crippen molar-refractivity contribution >= 4 is 11.6 Å². The first kappa shape index (κ1) is 17.6. The van der Waals surface area contributed by atoms with E-state index in [4.69, 9.17) is 11.6 Å². The van der Waals surface area contributed by atoms with E-state index in [-0.39, 0.29) is 11.1 Å². The lowest BCUT2D eigenvalue weighted by molar-refractivity contribution is -0.138. The van der Waals surface area contributed by atoms with Gasteiger partial charge in [-0.05, 0) is 24.1 Å². The van der Waals surface area contributed by atoms with Gasteiger partial charge in [0.2, 0.25) is 0 Å². The van der Waals surface area contributed by atoms with Crippen LogP contribution < -0.4 is 5.32 Å². The summed E-state index contributed by atoms with van der Waals surface area (Å²) in [6.07, 6.45) is -1.76. The van der Waals surface area contributed by atoms with Crippen molar-refractivity contribution in [2.75, 3.05) is 26.2 Å². The highest BCUT2D eigenvalue weighted by Crippen LogP contribution is 2.39. The van der Waals surface area contributed by atoms with Gasteiger partial charge in [-0.25, -0.2) is 0 Å². The second-order valence-corrected chi connectivity index (χ2v) is 6.11. The maximum atomic E-state index is 13.4. The first-order chi connectivity index (χ1) is 10.4. The second-order valence-electron chi connectivity index (χ2n) is 5.67. The Morgan fingerprint density at radius 3 is 2.55 bits per heavy atom. The van der Waals surface area contributed by atoms with E-state index in [0.717, 1.165) is 51.5 Å². The molecule has 0 radical (unpaired) electrons. The van der Waals surface area contributed by atoms with E-state index in [9.17, 15) is 13.2 Å². The molecule has 2 nitrogen and oxygen atoms in total. The standard InChI is InChI=1S/C16H22ClF3N2/c1-2-3-4-15(22-9-7-21-8-10-22)13-6-5-12(17)11-14(13)16(18,19)20/h5-6,11,15,21H,2-4,7-10H2,1H3/t15-/m1/s1. The molecule has 1 fully saturated rings. The zero-order valence-corrected chi connectivity index (χ0v) is 13.5. The SMILES string of the molecule is CCCC[C@H](c1ccc(Cl)cc1C(F)(F)F)N1CCNCC1. The van der Waals surface area contributed by atoms with E-state index in [0.29, 0.717) is 5.56 Å². The van der Waals surface area contributed by atoms with Crippen molar-refractivity contribution in [3.05, 3.63) is 34.3 Å².